The van der Waals surface area contributed by atoms with Crippen molar-refractivity contribution < 1.29 is 28.2 Å². The SMILES string of the molecule is CC(C)C(C(=O)O)N(C=O)c1ccccc1OC(F)F. The van der Waals surface area contributed by atoms with E-state index in [-0.39, 0.29) is 11.4 Å². The number of amides is 1. The largest absolute Gasteiger partial charge is 0.480 e. The summed E-state index contributed by atoms with van der Waals surface area (Å²) in [5.74, 6) is -1.88. The minimum Gasteiger partial charge on any atom is -0.480 e. The first-order chi connectivity index (χ1) is 9.38. The van der Waals surface area contributed by atoms with Crippen LogP contribution in [0.5, 0.6) is 5.75 Å². The van der Waals surface area contributed by atoms with Crippen LogP contribution >= 0.6 is 0 Å². The van der Waals surface area contributed by atoms with Crippen LogP contribution in [-0.4, -0.2) is 30.1 Å². The molecule has 0 aliphatic heterocycles. The van der Waals surface area contributed by atoms with E-state index in [1.807, 2.05) is 0 Å². The van der Waals surface area contributed by atoms with Gasteiger partial charge in [-0.3, -0.25) is 9.69 Å². The zero-order valence-corrected chi connectivity index (χ0v) is 11.0. The van der Waals surface area contributed by atoms with Crippen LogP contribution in [0.3, 0.4) is 0 Å². The van der Waals surface area contributed by atoms with Crippen molar-refractivity contribution in [3.05, 3.63) is 24.3 Å². The Labute approximate surface area is 114 Å². The molecule has 20 heavy (non-hydrogen) atoms. The van der Waals surface area contributed by atoms with E-state index >= 15 is 0 Å². The average molecular weight is 287 g/mol. The highest BCUT2D eigenvalue weighted by atomic mass is 19.3. The number of aliphatic carboxylic acids is 1. The van der Waals surface area contributed by atoms with Gasteiger partial charge in [-0.05, 0) is 18.1 Å². The van der Waals surface area contributed by atoms with E-state index in [1.165, 1.54) is 24.3 Å². The van der Waals surface area contributed by atoms with Crippen LogP contribution in [0.2, 0.25) is 0 Å². The summed E-state index contributed by atoms with van der Waals surface area (Å²) >= 11 is 0. The number of halogens is 2. The second-order valence-corrected chi connectivity index (χ2v) is 4.39. The van der Waals surface area contributed by atoms with E-state index in [9.17, 15) is 23.5 Å². The third kappa shape index (κ3) is 3.66. The lowest BCUT2D eigenvalue weighted by molar-refractivity contribution is -0.140. The van der Waals surface area contributed by atoms with Gasteiger partial charge < -0.3 is 9.84 Å². The predicted octanol–water partition coefficient (Wildman–Crippen LogP) is 2.36. The molecule has 1 amide bonds. The summed E-state index contributed by atoms with van der Waals surface area (Å²) in [6, 6.07) is 4.38. The second kappa shape index (κ2) is 6.83. The predicted molar refractivity (Wildman–Crippen MR) is 67.9 cm³/mol. The van der Waals surface area contributed by atoms with Gasteiger partial charge in [-0.25, -0.2) is 4.79 Å². The summed E-state index contributed by atoms with van der Waals surface area (Å²) in [6.45, 7) is 0.171. The Morgan fingerprint density at radius 1 is 1.35 bits per heavy atom. The van der Waals surface area contributed by atoms with Gasteiger partial charge >= 0.3 is 12.6 Å². The molecule has 1 atom stereocenters. The van der Waals surface area contributed by atoms with Gasteiger partial charge in [0, 0.05) is 0 Å². The number of carboxylic acid groups (broad SMARTS) is 1. The molecule has 0 fully saturated rings. The Kier molecular flexibility index (Phi) is 5.42. The molecule has 0 aliphatic rings. The van der Waals surface area contributed by atoms with Crippen LogP contribution in [0.4, 0.5) is 14.5 Å². The lowest BCUT2D eigenvalue weighted by atomic mass is 10.0. The smallest absolute Gasteiger partial charge is 0.387 e. The summed E-state index contributed by atoms with van der Waals surface area (Å²) in [5, 5.41) is 9.19. The molecule has 0 bridgehead atoms. The standard InChI is InChI=1S/C13H15F2NO4/c1-8(2)11(12(18)19)16(7-17)9-5-3-4-6-10(9)20-13(14)15/h3-8,11,13H,1-2H3,(H,18,19). The lowest BCUT2D eigenvalue weighted by Crippen LogP contribution is -2.44. The Morgan fingerprint density at radius 2 is 1.95 bits per heavy atom. The minimum absolute atomic E-state index is 0.0103. The number of anilines is 1. The molecular weight excluding hydrogens is 272 g/mol. The summed E-state index contributed by atoms with van der Waals surface area (Å²) in [5.41, 5.74) is -0.0103. The molecule has 0 radical (unpaired) electrons. The molecule has 1 rings (SSSR count). The van der Waals surface area contributed by atoms with Gasteiger partial charge in [0.1, 0.15) is 11.8 Å². The zero-order chi connectivity index (χ0) is 15.3. The highest BCUT2D eigenvalue weighted by molar-refractivity contribution is 5.89. The molecular formula is C13H15F2NO4. The molecule has 1 unspecified atom stereocenters. The van der Waals surface area contributed by atoms with Gasteiger partial charge in [0.2, 0.25) is 6.41 Å². The number of carbonyl (C=O) groups is 2. The lowest BCUT2D eigenvalue weighted by Gasteiger charge is -2.29. The minimum atomic E-state index is -3.06. The van der Waals surface area contributed by atoms with Gasteiger partial charge in [-0.2, -0.15) is 8.78 Å². The summed E-state index contributed by atoms with van der Waals surface area (Å²) < 4.78 is 29.0. The summed E-state index contributed by atoms with van der Waals surface area (Å²) in [4.78, 5) is 23.4. The quantitative estimate of drug-likeness (QED) is 0.782. The normalized spacial score (nSPS) is 12.3. The third-order valence-corrected chi connectivity index (χ3v) is 2.66. The van der Waals surface area contributed by atoms with Crippen LogP contribution in [0.15, 0.2) is 24.3 Å². The first-order valence-corrected chi connectivity index (χ1v) is 5.88. The molecule has 1 aromatic rings. The van der Waals surface area contributed by atoms with Gasteiger partial charge in [0.05, 0.1) is 5.69 Å². The number of hydrogen-bond donors (Lipinski definition) is 1. The number of hydrogen-bond acceptors (Lipinski definition) is 3. The van der Waals surface area contributed by atoms with E-state index in [1.54, 1.807) is 13.8 Å². The van der Waals surface area contributed by atoms with Gasteiger partial charge in [0.15, 0.2) is 0 Å². The first kappa shape index (κ1) is 15.9. The van der Waals surface area contributed by atoms with Crippen molar-refractivity contribution in [2.45, 2.75) is 26.5 Å². The topological polar surface area (TPSA) is 66.8 Å². The fourth-order valence-electron chi connectivity index (χ4n) is 1.86. The number of alkyl halides is 2. The van der Waals surface area contributed by atoms with Crippen molar-refractivity contribution in [1.29, 1.82) is 0 Å². The monoisotopic (exact) mass is 287 g/mol. The highest BCUT2D eigenvalue weighted by Gasteiger charge is 2.30. The van der Waals surface area contributed by atoms with Crippen LogP contribution in [0, 0.1) is 5.92 Å². The van der Waals surface area contributed by atoms with E-state index in [0.29, 0.717) is 6.41 Å². The van der Waals surface area contributed by atoms with Crippen LogP contribution in [0.1, 0.15) is 13.8 Å². The molecule has 0 spiro atoms. The fourth-order valence-corrected chi connectivity index (χ4v) is 1.86. The van der Waals surface area contributed by atoms with Crippen molar-refractivity contribution in [2.24, 2.45) is 5.92 Å². The van der Waals surface area contributed by atoms with Crippen LogP contribution in [0.25, 0.3) is 0 Å². The molecule has 0 saturated heterocycles. The van der Waals surface area contributed by atoms with Crippen molar-refractivity contribution in [3.8, 4) is 5.75 Å². The summed E-state index contributed by atoms with van der Waals surface area (Å²) in [6.07, 6.45) is 0.298. The average Bonchev–Trinajstić information content (AvgIpc) is 2.35. The number of carboxylic acids is 1. The summed E-state index contributed by atoms with van der Waals surface area (Å²) in [7, 11) is 0. The molecule has 0 aliphatic carbocycles. The molecule has 5 nitrogen and oxygen atoms in total. The van der Waals surface area contributed by atoms with Gasteiger partial charge in [0.25, 0.3) is 0 Å². The molecule has 1 aromatic carbocycles. The Balaban J connectivity index is 3.24. The van der Waals surface area contributed by atoms with E-state index in [0.717, 1.165) is 4.90 Å². The van der Waals surface area contributed by atoms with E-state index in [4.69, 9.17) is 0 Å². The number of nitrogens with zero attached hydrogens (tertiary/aromatic N) is 1. The molecule has 0 saturated carbocycles. The van der Waals surface area contributed by atoms with Crippen molar-refractivity contribution in [3.63, 3.8) is 0 Å². The highest BCUT2D eigenvalue weighted by Crippen LogP contribution is 2.31. The maximum absolute atomic E-state index is 12.3. The van der Waals surface area contributed by atoms with Crippen LogP contribution < -0.4 is 9.64 Å². The van der Waals surface area contributed by atoms with Crippen molar-refractivity contribution >= 4 is 18.1 Å². The number of carbonyl (C=O) groups excluding carboxylic acids is 1. The second-order valence-electron chi connectivity index (χ2n) is 4.39. The van der Waals surface area contributed by atoms with Crippen molar-refractivity contribution in [2.75, 3.05) is 4.90 Å². The van der Waals surface area contributed by atoms with Gasteiger partial charge in [-0.1, -0.05) is 26.0 Å². The number of ether oxygens (including phenoxy) is 1. The Bertz CT molecular complexity index is 479. The number of rotatable bonds is 7. The first-order valence-electron chi connectivity index (χ1n) is 5.88. The molecule has 0 aromatic heterocycles. The van der Waals surface area contributed by atoms with Crippen LogP contribution in [-0.2, 0) is 9.59 Å². The van der Waals surface area contributed by atoms with Crippen molar-refractivity contribution in [1.82, 2.24) is 0 Å². The maximum atomic E-state index is 12.3. The van der Waals surface area contributed by atoms with E-state index in [2.05, 4.69) is 4.74 Å². The molecule has 7 heteroatoms. The van der Waals surface area contributed by atoms with Gasteiger partial charge in [-0.15, -0.1) is 0 Å². The molecule has 1 N–H and O–H groups in total. The fraction of sp³-hybridized carbons (Fsp3) is 0.385. The Hall–Kier alpha value is -2.18. The molecule has 110 valence electrons. The number of benzene rings is 1. The van der Waals surface area contributed by atoms with E-state index < -0.39 is 24.5 Å². The number of para-hydroxylation sites is 2. The zero-order valence-electron chi connectivity index (χ0n) is 11.0. The Morgan fingerprint density at radius 3 is 2.40 bits per heavy atom. The maximum Gasteiger partial charge on any atom is 0.387 e. The third-order valence-electron chi connectivity index (χ3n) is 2.66. The molecule has 0 heterocycles.